The Balaban J connectivity index is 2.59. The van der Waals surface area contributed by atoms with E-state index in [1.165, 1.54) is 6.07 Å². The average Bonchev–Trinajstić information content (AvgIpc) is 2.20. The number of Topliss-reactive ketones (excluding diaryl/α,β-unsaturated/α-hetero) is 1. The standard InChI is InChI=1S/C13H16BrFO2/c1-13(2,3)17-8-11(16)7-9-6-10(14)4-5-12(9)15/h4-6H,7-8H2,1-3H3. The molecule has 0 aliphatic heterocycles. The second-order valence-electron chi connectivity index (χ2n) is 4.85. The lowest BCUT2D eigenvalue weighted by Crippen LogP contribution is -2.24. The summed E-state index contributed by atoms with van der Waals surface area (Å²) in [6, 6.07) is 4.57. The summed E-state index contributed by atoms with van der Waals surface area (Å²) in [6.45, 7) is 5.63. The molecule has 0 spiro atoms. The molecule has 0 heterocycles. The van der Waals surface area contributed by atoms with Crippen molar-refractivity contribution in [1.82, 2.24) is 0 Å². The third-order valence-electron chi connectivity index (χ3n) is 2.06. The van der Waals surface area contributed by atoms with Gasteiger partial charge in [0.25, 0.3) is 0 Å². The van der Waals surface area contributed by atoms with Gasteiger partial charge in [0.1, 0.15) is 12.4 Å². The topological polar surface area (TPSA) is 26.3 Å². The van der Waals surface area contributed by atoms with Gasteiger partial charge in [0.15, 0.2) is 5.78 Å². The zero-order chi connectivity index (χ0) is 13.1. The second kappa shape index (κ2) is 5.74. The predicted octanol–water partition coefficient (Wildman–Crippen LogP) is 3.51. The minimum absolute atomic E-state index is 0.00938. The molecule has 1 aromatic carbocycles. The number of ketones is 1. The van der Waals surface area contributed by atoms with E-state index in [-0.39, 0.29) is 30.2 Å². The van der Waals surface area contributed by atoms with Gasteiger partial charge in [0.2, 0.25) is 0 Å². The van der Waals surface area contributed by atoms with Gasteiger partial charge in [0.05, 0.1) is 5.60 Å². The van der Waals surface area contributed by atoms with E-state index in [4.69, 9.17) is 4.74 Å². The van der Waals surface area contributed by atoms with Crippen LogP contribution in [0.3, 0.4) is 0 Å². The van der Waals surface area contributed by atoms with Gasteiger partial charge in [-0.05, 0) is 44.5 Å². The zero-order valence-electron chi connectivity index (χ0n) is 10.2. The van der Waals surface area contributed by atoms with Crippen molar-refractivity contribution in [3.63, 3.8) is 0 Å². The van der Waals surface area contributed by atoms with Crippen molar-refractivity contribution in [3.05, 3.63) is 34.1 Å². The Hall–Kier alpha value is -0.740. The zero-order valence-corrected chi connectivity index (χ0v) is 11.8. The molecule has 0 N–H and O–H groups in total. The molecule has 0 radical (unpaired) electrons. The smallest absolute Gasteiger partial charge is 0.162 e. The highest BCUT2D eigenvalue weighted by Crippen LogP contribution is 2.16. The lowest BCUT2D eigenvalue weighted by molar-refractivity contribution is -0.127. The molecule has 17 heavy (non-hydrogen) atoms. The molecule has 0 saturated carbocycles. The summed E-state index contributed by atoms with van der Waals surface area (Å²) in [4.78, 5) is 11.6. The third kappa shape index (κ3) is 5.41. The van der Waals surface area contributed by atoms with Crippen LogP contribution in [0.25, 0.3) is 0 Å². The van der Waals surface area contributed by atoms with Crippen LogP contribution in [-0.4, -0.2) is 18.0 Å². The second-order valence-corrected chi connectivity index (χ2v) is 5.77. The molecule has 0 saturated heterocycles. The molecule has 0 bridgehead atoms. The van der Waals surface area contributed by atoms with E-state index < -0.39 is 0 Å². The Morgan fingerprint density at radius 1 is 1.41 bits per heavy atom. The van der Waals surface area contributed by atoms with Crippen LogP contribution in [-0.2, 0) is 16.0 Å². The first kappa shape index (κ1) is 14.3. The van der Waals surface area contributed by atoms with Gasteiger partial charge in [-0.2, -0.15) is 0 Å². The van der Waals surface area contributed by atoms with Crippen LogP contribution in [0.1, 0.15) is 26.3 Å². The fourth-order valence-electron chi connectivity index (χ4n) is 1.24. The van der Waals surface area contributed by atoms with Crippen LogP contribution in [0.15, 0.2) is 22.7 Å². The van der Waals surface area contributed by atoms with E-state index in [2.05, 4.69) is 15.9 Å². The minimum atomic E-state index is -0.364. The van der Waals surface area contributed by atoms with Gasteiger partial charge < -0.3 is 4.74 Å². The molecule has 0 fully saturated rings. The molecular formula is C13H16BrFO2. The van der Waals surface area contributed by atoms with Crippen molar-refractivity contribution in [2.75, 3.05) is 6.61 Å². The van der Waals surface area contributed by atoms with Crippen LogP contribution in [0.4, 0.5) is 4.39 Å². The van der Waals surface area contributed by atoms with Crippen LogP contribution >= 0.6 is 15.9 Å². The number of rotatable bonds is 4. The molecule has 0 unspecified atom stereocenters. The van der Waals surface area contributed by atoms with Crippen molar-refractivity contribution in [2.45, 2.75) is 32.8 Å². The molecular weight excluding hydrogens is 287 g/mol. The SMILES string of the molecule is CC(C)(C)OCC(=O)Cc1cc(Br)ccc1F. The lowest BCUT2D eigenvalue weighted by Gasteiger charge is -2.18. The van der Waals surface area contributed by atoms with Gasteiger partial charge in [0, 0.05) is 10.9 Å². The highest BCUT2D eigenvalue weighted by Gasteiger charge is 2.14. The van der Waals surface area contributed by atoms with Crippen molar-refractivity contribution in [1.29, 1.82) is 0 Å². The summed E-state index contributed by atoms with van der Waals surface area (Å²) < 4.78 is 19.5. The number of hydrogen-bond donors (Lipinski definition) is 0. The highest BCUT2D eigenvalue weighted by molar-refractivity contribution is 9.10. The van der Waals surface area contributed by atoms with Crippen LogP contribution in [0.5, 0.6) is 0 Å². The summed E-state index contributed by atoms with van der Waals surface area (Å²) in [6.07, 6.45) is 0.0569. The number of ether oxygens (including phenoxy) is 1. The Kier molecular flexibility index (Phi) is 4.83. The predicted molar refractivity (Wildman–Crippen MR) is 68.5 cm³/mol. The maximum absolute atomic E-state index is 13.4. The number of benzene rings is 1. The summed E-state index contributed by atoms with van der Waals surface area (Å²) in [5.41, 5.74) is 0.0350. The summed E-state index contributed by atoms with van der Waals surface area (Å²) in [5, 5.41) is 0. The van der Waals surface area contributed by atoms with Crippen LogP contribution in [0.2, 0.25) is 0 Å². The molecule has 0 atom stereocenters. The molecule has 94 valence electrons. The Labute approximate surface area is 109 Å². The molecule has 0 amide bonds. The summed E-state index contributed by atoms with van der Waals surface area (Å²) in [7, 11) is 0. The number of carbonyl (C=O) groups is 1. The van der Waals surface area contributed by atoms with Crippen molar-refractivity contribution >= 4 is 21.7 Å². The largest absolute Gasteiger partial charge is 0.368 e. The average molecular weight is 303 g/mol. The molecule has 0 aromatic heterocycles. The number of hydrogen-bond acceptors (Lipinski definition) is 2. The Morgan fingerprint density at radius 3 is 2.65 bits per heavy atom. The van der Waals surface area contributed by atoms with E-state index in [9.17, 15) is 9.18 Å². The first-order valence-electron chi connectivity index (χ1n) is 5.37. The monoisotopic (exact) mass is 302 g/mol. The molecule has 0 aliphatic rings. The van der Waals surface area contributed by atoms with Crippen molar-refractivity contribution in [2.24, 2.45) is 0 Å². The fourth-order valence-corrected chi connectivity index (χ4v) is 1.65. The highest BCUT2D eigenvalue weighted by atomic mass is 79.9. The van der Waals surface area contributed by atoms with E-state index in [0.29, 0.717) is 5.56 Å². The normalized spacial score (nSPS) is 11.6. The van der Waals surface area contributed by atoms with Gasteiger partial charge in [-0.15, -0.1) is 0 Å². The minimum Gasteiger partial charge on any atom is -0.368 e. The van der Waals surface area contributed by atoms with Crippen LogP contribution in [0, 0.1) is 5.82 Å². The maximum Gasteiger partial charge on any atom is 0.162 e. The number of carbonyl (C=O) groups excluding carboxylic acids is 1. The Bertz CT molecular complexity index is 410. The van der Waals surface area contributed by atoms with E-state index in [1.54, 1.807) is 12.1 Å². The van der Waals surface area contributed by atoms with E-state index in [0.717, 1.165) is 4.47 Å². The Morgan fingerprint density at radius 2 is 2.06 bits per heavy atom. The quantitative estimate of drug-likeness (QED) is 0.851. The summed E-state index contributed by atoms with van der Waals surface area (Å²) in [5.74, 6) is -0.491. The van der Waals surface area contributed by atoms with E-state index >= 15 is 0 Å². The fraction of sp³-hybridized carbons (Fsp3) is 0.462. The van der Waals surface area contributed by atoms with Crippen LogP contribution < -0.4 is 0 Å². The molecule has 2 nitrogen and oxygen atoms in total. The summed E-state index contributed by atoms with van der Waals surface area (Å²) >= 11 is 3.25. The van der Waals surface area contributed by atoms with Crippen molar-refractivity contribution in [3.8, 4) is 0 Å². The van der Waals surface area contributed by atoms with E-state index in [1.807, 2.05) is 20.8 Å². The van der Waals surface area contributed by atoms with Crippen molar-refractivity contribution < 1.29 is 13.9 Å². The molecule has 4 heteroatoms. The molecule has 1 rings (SSSR count). The van der Waals surface area contributed by atoms with Gasteiger partial charge in [-0.3, -0.25) is 4.79 Å². The maximum atomic E-state index is 13.4. The van der Waals surface area contributed by atoms with Gasteiger partial charge >= 0.3 is 0 Å². The van der Waals surface area contributed by atoms with Gasteiger partial charge in [-0.25, -0.2) is 4.39 Å². The number of halogens is 2. The molecule has 1 aromatic rings. The van der Waals surface area contributed by atoms with Gasteiger partial charge in [-0.1, -0.05) is 15.9 Å². The first-order chi connectivity index (χ1) is 7.78. The lowest BCUT2D eigenvalue weighted by atomic mass is 10.1. The molecule has 0 aliphatic carbocycles. The first-order valence-corrected chi connectivity index (χ1v) is 6.17. The third-order valence-corrected chi connectivity index (χ3v) is 2.55.